The lowest BCUT2D eigenvalue weighted by molar-refractivity contribution is -0.385. The van der Waals surface area contributed by atoms with Gasteiger partial charge in [0.1, 0.15) is 5.75 Å². The van der Waals surface area contributed by atoms with Gasteiger partial charge in [-0.05, 0) is 48.5 Å². The maximum Gasteiger partial charge on any atom is 0.311 e. The molecule has 0 aliphatic rings. The Labute approximate surface area is 177 Å². The molecule has 0 saturated heterocycles. The van der Waals surface area contributed by atoms with Crippen LogP contribution in [0.2, 0.25) is 0 Å². The molecule has 0 radical (unpaired) electrons. The fraction of sp³-hybridized carbons (Fsp3) is 0.0870. The van der Waals surface area contributed by atoms with Gasteiger partial charge in [0.2, 0.25) is 0 Å². The van der Waals surface area contributed by atoms with Crippen LogP contribution in [0, 0.1) is 10.1 Å². The van der Waals surface area contributed by atoms with Crippen LogP contribution >= 0.6 is 0 Å². The van der Waals surface area contributed by atoms with Crippen LogP contribution in [0.15, 0.2) is 72.9 Å². The van der Waals surface area contributed by atoms with Crippen molar-refractivity contribution in [2.24, 2.45) is 0 Å². The number of ketones is 1. The monoisotopic (exact) mass is 415 g/mol. The van der Waals surface area contributed by atoms with Gasteiger partial charge >= 0.3 is 5.69 Å². The molecule has 0 bridgehead atoms. The van der Waals surface area contributed by atoms with Crippen LogP contribution in [0.25, 0.3) is 22.3 Å². The standard InChI is InChI=1S/C23H17N3O5/c1-30-23-11-8-16(12-21(23)26(28)29)22(27)14-31-17-9-6-15(7-10-17)20-13-24-18-4-2-3-5-19(18)25-20/h2-13H,14H2,1H3. The number of hydrogen-bond donors (Lipinski definition) is 0. The first kappa shape index (κ1) is 20.0. The Morgan fingerprint density at radius 1 is 1.03 bits per heavy atom. The molecule has 31 heavy (non-hydrogen) atoms. The first-order valence-corrected chi connectivity index (χ1v) is 9.36. The lowest BCUT2D eigenvalue weighted by Gasteiger charge is -2.08. The number of hydrogen-bond acceptors (Lipinski definition) is 7. The van der Waals surface area contributed by atoms with E-state index in [0.717, 1.165) is 22.3 Å². The maximum absolute atomic E-state index is 12.4. The summed E-state index contributed by atoms with van der Waals surface area (Å²) in [5, 5.41) is 11.1. The van der Waals surface area contributed by atoms with E-state index in [9.17, 15) is 14.9 Å². The molecule has 3 aromatic carbocycles. The molecule has 0 fully saturated rings. The van der Waals surface area contributed by atoms with E-state index in [0.29, 0.717) is 5.75 Å². The third-order valence-electron chi connectivity index (χ3n) is 4.67. The van der Waals surface area contributed by atoms with E-state index < -0.39 is 4.92 Å². The molecule has 8 nitrogen and oxygen atoms in total. The van der Waals surface area contributed by atoms with Crippen LogP contribution in [-0.2, 0) is 0 Å². The van der Waals surface area contributed by atoms with E-state index in [2.05, 4.69) is 9.97 Å². The highest BCUT2D eigenvalue weighted by Gasteiger charge is 2.18. The zero-order valence-electron chi connectivity index (χ0n) is 16.5. The third-order valence-corrected chi connectivity index (χ3v) is 4.67. The Morgan fingerprint density at radius 3 is 2.48 bits per heavy atom. The number of nitro groups is 1. The lowest BCUT2D eigenvalue weighted by Crippen LogP contribution is -2.12. The molecule has 0 unspecified atom stereocenters. The molecular formula is C23H17N3O5. The van der Waals surface area contributed by atoms with Crippen LogP contribution in [0.1, 0.15) is 10.4 Å². The van der Waals surface area contributed by atoms with E-state index >= 15 is 0 Å². The summed E-state index contributed by atoms with van der Waals surface area (Å²) in [5.74, 6) is 0.207. The number of fused-ring (bicyclic) bond motifs is 1. The summed E-state index contributed by atoms with van der Waals surface area (Å²) in [6.07, 6.45) is 1.71. The van der Waals surface area contributed by atoms with E-state index in [1.807, 2.05) is 36.4 Å². The molecule has 0 N–H and O–H groups in total. The summed E-state index contributed by atoms with van der Waals surface area (Å²) in [6, 6.07) is 18.8. The number of benzene rings is 3. The van der Waals surface area contributed by atoms with Crippen LogP contribution in [0.5, 0.6) is 11.5 Å². The largest absolute Gasteiger partial charge is 0.490 e. The molecule has 0 saturated carbocycles. The minimum absolute atomic E-state index is 0.0925. The van der Waals surface area contributed by atoms with Crippen molar-refractivity contribution in [1.82, 2.24) is 9.97 Å². The quantitative estimate of drug-likeness (QED) is 0.249. The van der Waals surface area contributed by atoms with Crippen molar-refractivity contribution >= 4 is 22.5 Å². The second-order valence-corrected chi connectivity index (χ2v) is 6.62. The molecule has 8 heteroatoms. The SMILES string of the molecule is COc1ccc(C(=O)COc2ccc(-c3cnc4ccccc4n3)cc2)cc1[N+](=O)[O-]. The fourth-order valence-electron chi connectivity index (χ4n) is 3.06. The van der Waals surface area contributed by atoms with Crippen LogP contribution in [0.4, 0.5) is 5.69 Å². The highest BCUT2D eigenvalue weighted by Crippen LogP contribution is 2.28. The number of ether oxygens (including phenoxy) is 2. The number of nitrogens with zero attached hydrogens (tertiary/aromatic N) is 3. The molecule has 154 valence electrons. The third kappa shape index (κ3) is 4.32. The zero-order valence-corrected chi connectivity index (χ0v) is 16.5. The van der Waals surface area contributed by atoms with Crippen molar-refractivity contribution in [2.75, 3.05) is 13.7 Å². The first-order chi connectivity index (χ1) is 15.0. The number of rotatable bonds is 7. The van der Waals surface area contributed by atoms with Crippen LogP contribution in [0.3, 0.4) is 0 Å². The number of Topliss-reactive ketones (excluding diaryl/α,β-unsaturated/α-hetero) is 1. The summed E-state index contributed by atoms with van der Waals surface area (Å²) >= 11 is 0. The Balaban J connectivity index is 1.45. The number of aromatic nitrogens is 2. The summed E-state index contributed by atoms with van der Waals surface area (Å²) < 4.78 is 10.5. The van der Waals surface area contributed by atoms with Crippen molar-refractivity contribution < 1.29 is 19.2 Å². The first-order valence-electron chi connectivity index (χ1n) is 9.36. The second-order valence-electron chi connectivity index (χ2n) is 6.62. The molecule has 0 spiro atoms. The van der Waals surface area contributed by atoms with Crippen molar-refractivity contribution in [3.63, 3.8) is 0 Å². The van der Waals surface area contributed by atoms with Crippen LogP contribution < -0.4 is 9.47 Å². The molecule has 0 aliphatic carbocycles. The van der Waals surface area contributed by atoms with Crippen molar-refractivity contribution in [2.45, 2.75) is 0 Å². The average Bonchev–Trinajstić information content (AvgIpc) is 2.82. The summed E-state index contributed by atoms with van der Waals surface area (Å²) in [6.45, 7) is -0.251. The molecule has 0 atom stereocenters. The Morgan fingerprint density at radius 2 is 1.77 bits per heavy atom. The minimum Gasteiger partial charge on any atom is -0.490 e. The fourth-order valence-corrected chi connectivity index (χ4v) is 3.06. The summed E-state index contributed by atoms with van der Waals surface area (Å²) in [7, 11) is 1.33. The Bertz CT molecular complexity index is 1270. The summed E-state index contributed by atoms with van der Waals surface area (Å²) in [5.41, 5.74) is 3.13. The second kappa shape index (κ2) is 8.58. The lowest BCUT2D eigenvalue weighted by atomic mass is 10.1. The predicted octanol–water partition coefficient (Wildman–Crippen LogP) is 4.48. The molecule has 1 aromatic heterocycles. The molecule has 1 heterocycles. The molecule has 4 rings (SSSR count). The van der Waals surface area contributed by atoms with Gasteiger partial charge in [-0.2, -0.15) is 0 Å². The Hall–Kier alpha value is -4.33. The van der Waals surface area contributed by atoms with E-state index in [1.54, 1.807) is 18.3 Å². The number of carbonyl (C=O) groups is 1. The van der Waals surface area contributed by atoms with Gasteiger partial charge in [-0.1, -0.05) is 12.1 Å². The Kier molecular flexibility index (Phi) is 5.53. The van der Waals surface area contributed by atoms with Gasteiger partial charge in [-0.3, -0.25) is 19.9 Å². The predicted molar refractivity (Wildman–Crippen MR) is 114 cm³/mol. The number of carbonyl (C=O) groups excluding carboxylic acids is 1. The van der Waals surface area contributed by atoms with E-state index in [1.165, 1.54) is 25.3 Å². The van der Waals surface area contributed by atoms with E-state index in [-0.39, 0.29) is 29.4 Å². The van der Waals surface area contributed by atoms with Crippen molar-refractivity contribution in [3.8, 4) is 22.8 Å². The van der Waals surface area contributed by atoms with Crippen LogP contribution in [-0.4, -0.2) is 34.4 Å². The molecular weight excluding hydrogens is 398 g/mol. The van der Waals surface area contributed by atoms with Crippen molar-refractivity contribution in [3.05, 3.63) is 88.6 Å². The van der Waals surface area contributed by atoms with E-state index in [4.69, 9.17) is 9.47 Å². The van der Waals surface area contributed by atoms with Gasteiger partial charge in [-0.15, -0.1) is 0 Å². The topological polar surface area (TPSA) is 104 Å². The van der Waals surface area contributed by atoms with Gasteiger partial charge < -0.3 is 9.47 Å². The molecule has 4 aromatic rings. The minimum atomic E-state index is -0.592. The van der Waals surface area contributed by atoms with Gasteiger partial charge in [0.25, 0.3) is 0 Å². The molecule has 0 aliphatic heterocycles. The normalized spacial score (nSPS) is 10.6. The van der Waals surface area contributed by atoms with Crippen molar-refractivity contribution in [1.29, 1.82) is 0 Å². The smallest absolute Gasteiger partial charge is 0.311 e. The van der Waals surface area contributed by atoms with Gasteiger partial charge in [0.05, 0.1) is 35.0 Å². The van der Waals surface area contributed by atoms with Gasteiger partial charge in [0.15, 0.2) is 18.1 Å². The maximum atomic E-state index is 12.4. The average molecular weight is 415 g/mol. The number of para-hydroxylation sites is 2. The summed E-state index contributed by atoms with van der Waals surface area (Å²) in [4.78, 5) is 31.9. The number of methoxy groups -OCH3 is 1. The van der Waals surface area contributed by atoms with Gasteiger partial charge in [0, 0.05) is 17.2 Å². The highest BCUT2D eigenvalue weighted by molar-refractivity contribution is 5.98. The highest BCUT2D eigenvalue weighted by atomic mass is 16.6. The van der Waals surface area contributed by atoms with Gasteiger partial charge in [-0.25, -0.2) is 4.98 Å². The number of nitro benzene ring substituents is 1. The zero-order chi connectivity index (χ0) is 21.8. The molecule has 0 amide bonds.